The minimum atomic E-state index is -0.826. The molecule has 2 unspecified atom stereocenters. The van der Waals surface area contributed by atoms with Crippen molar-refractivity contribution in [3.05, 3.63) is 71.8 Å². The smallest absolute Gasteiger partial charge is 0.410 e. The minimum absolute atomic E-state index is 0.153. The summed E-state index contributed by atoms with van der Waals surface area (Å²) in [5.41, 5.74) is 8.15. The maximum absolute atomic E-state index is 12.5. The van der Waals surface area contributed by atoms with E-state index in [-0.39, 0.29) is 19.1 Å². The Morgan fingerprint density at radius 1 is 1.00 bits per heavy atom. The largest absolute Gasteiger partial charge is 0.445 e. The van der Waals surface area contributed by atoms with Gasteiger partial charge in [-0.1, -0.05) is 74.5 Å². The SMILES string of the molecule is CC(C)CN(CC(O)C(N)Cc1ccccc1)C(=O)OCc1ccccc1. The predicted molar refractivity (Wildman–Crippen MR) is 107 cm³/mol. The van der Waals surface area contributed by atoms with Crippen LogP contribution in [0.15, 0.2) is 60.7 Å². The zero-order valence-corrected chi connectivity index (χ0v) is 16.1. The van der Waals surface area contributed by atoms with Crippen molar-refractivity contribution in [2.24, 2.45) is 11.7 Å². The number of carbonyl (C=O) groups is 1. The quantitative estimate of drug-likeness (QED) is 0.711. The van der Waals surface area contributed by atoms with E-state index < -0.39 is 18.2 Å². The highest BCUT2D eigenvalue weighted by atomic mass is 16.6. The number of benzene rings is 2. The van der Waals surface area contributed by atoms with Crippen LogP contribution in [0.1, 0.15) is 25.0 Å². The van der Waals surface area contributed by atoms with Gasteiger partial charge in [-0.2, -0.15) is 0 Å². The van der Waals surface area contributed by atoms with E-state index in [1.807, 2.05) is 74.5 Å². The summed E-state index contributed by atoms with van der Waals surface area (Å²) >= 11 is 0. The first-order valence-electron chi connectivity index (χ1n) is 9.39. The third kappa shape index (κ3) is 7.41. The van der Waals surface area contributed by atoms with Crippen LogP contribution in [0.5, 0.6) is 0 Å². The van der Waals surface area contributed by atoms with Crippen molar-refractivity contribution in [3.63, 3.8) is 0 Å². The molecule has 0 saturated carbocycles. The minimum Gasteiger partial charge on any atom is -0.445 e. The van der Waals surface area contributed by atoms with E-state index in [9.17, 15) is 9.90 Å². The summed E-state index contributed by atoms with van der Waals surface area (Å²) in [6, 6.07) is 18.9. The number of ether oxygens (including phenoxy) is 1. The standard InChI is InChI=1S/C22H30N2O3/c1-17(2)14-24(22(26)27-16-19-11-7-4-8-12-19)15-21(25)20(23)13-18-9-5-3-6-10-18/h3-12,17,20-21,25H,13-16,23H2,1-2H3. The summed E-state index contributed by atoms with van der Waals surface area (Å²) in [5.74, 6) is 0.256. The summed E-state index contributed by atoms with van der Waals surface area (Å²) in [5, 5.41) is 10.5. The second kappa shape index (κ2) is 10.7. The van der Waals surface area contributed by atoms with Crippen molar-refractivity contribution < 1.29 is 14.6 Å². The summed E-state index contributed by atoms with van der Waals surface area (Å²) in [7, 11) is 0. The van der Waals surface area contributed by atoms with Gasteiger partial charge in [-0.3, -0.25) is 0 Å². The summed E-state index contributed by atoms with van der Waals surface area (Å²) in [6.45, 7) is 4.91. The first-order chi connectivity index (χ1) is 13.0. The molecule has 5 heteroatoms. The van der Waals surface area contributed by atoms with E-state index in [1.54, 1.807) is 4.90 Å². The molecule has 3 N–H and O–H groups in total. The van der Waals surface area contributed by atoms with Gasteiger partial charge in [0.15, 0.2) is 0 Å². The molecule has 0 aliphatic carbocycles. The molecule has 27 heavy (non-hydrogen) atoms. The summed E-state index contributed by atoms with van der Waals surface area (Å²) in [6.07, 6.45) is -0.705. The molecule has 0 radical (unpaired) electrons. The zero-order valence-electron chi connectivity index (χ0n) is 16.1. The number of aliphatic hydroxyl groups excluding tert-OH is 1. The van der Waals surface area contributed by atoms with Crippen molar-refractivity contribution in [1.29, 1.82) is 0 Å². The monoisotopic (exact) mass is 370 g/mol. The lowest BCUT2D eigenvalue weighted by Crippen LogP contribution is -2.47. The maximum atomic E-state index is 12.5. The molecule has 5 nitrogen and oxygen atoms in total. The lowest BCUT2D eigenvalue weighted by atomic mass is 10.0. The molecule has 0 heterocycles. The van der Waals surface area contributed by atoms with Gasteiger partial charge in [-0.25, -0.2) is 4.79 Å². The average Bonchev–Trinajstić information content (AvgIpc) is 2.66. The number of amides is 1. The molecule has 0 aliphatic rings. The predicted octanol–water partition coefficient (Wildman–Crippen LogP) is 3.21. The molecule has 2 rings (SSSR count). The maximum Gasteiger partial charge on any atom is 0.410 e. The Morgan fingerprint density at radius 3 is 2.11 bits per heavy atom. The van der Waals surface area contributed by atoms with Crippen molar-refractivity contribution in [2.45, 2.75) is 39.0 Å². The first-order valence-corrected chi connectivity index (χ1v) is 9.39. The summed E-state index contributed by atoms with van der Waals surface area (Å²) in [4.78, 5) is 14.1. The van der Waals surface area contributed by atoms with E-state index in [1.165, 1.54) is 0 Å². The highest BCUT2D eigenvalue weighted by molar-refractivity contribution is 5.67. The van der Waals surface area contributed by atoms with Crippen LogP contribution in [0.4, 0.5) is 4.79 Å². The summed E-state index contributed by atoms with van der Waals surface area (Å²) < 4.78 is 5.43. The highest BCUT2D eigenvalue weighted by Crippen LogP contribution is 2.10. The molecular weight excluding hydrogens is 340 g/mol. The Labute approximate surface area is 161 Å². The van der Waals surface area contributed by atoms with Crippen LogP contribution in [0.3, 0.4) is 0 Å². The molecule has 0 aliphatic heterocycles. The molecule has 0 bridgehead atoms. The lowest BCUT2D eigenvalue weighted by Gasteiger charge is -2.28. The number of hydrogen-bond donors (Lipinski definition) is 2. The van der Waals surface area contributed by atoms with E-state index in [4.69, 9.17) is 10.5 Å². The van der Waals surface area contributed by atoms with Crippen LogP contribution >= 0.6 is 0 Å². The van der Waals surface area contributed by atoms with Crippen LogP contribution in [0, 0.1) is 5.92 Å². The highest BCUT2D eigenvalue weighted by Gasteiger charge is 2.24. The molecule has 0 aromatic heterocycles. The molecule has 2 atom stereocenters. The van der Waals surface area contributed by atoms with Gasteiger partial charge in [0.1, 0.15) is 6.61 Å². The molecule has 0 fully saturated rings. The Bertz CT molecular complexity index is 676. The van der Waals surface area contributed by atoms with E-state index in [0.717, 1.165) is 11.1 Å². The fraction of sp³-hybridized carbons (Fsp3) is 0.409. The van der Waals surface area contributed by atoms with Gasteiger partial charge in [0, 0.05) is 12.6 Å². The zero-order chi connectivity index (χ0) is 19.6. The number of rotatable bonds is 9. The van der Waals surface area contributed by atoms with Crippen molar-refractivity contribution in [2.75, 3.05) is 13.1 Å². The third-order valence-corrected chi connectivity index (χ3v) is 4.26. The number of nitrogens with zero attached hydrogens (tertiary/aromatic N) is 1. The second-order valence-electron chi connectivity index (χ2n) is 7.26. The van der Waals surface area contributed by atoms with E-state index >= 15 is 0 Å². The van der Waals surface area contributed by atoms with Crippen molar-refractivity contribution in [1.82, 2.24) is 4.90 Å². The Balaban J connectivity index is 1.92. The van der Waals surface area contributed by atoms with Gasteiger partial charge in [0.05, 0.1) is 12.6 Å². The van der Waals surface area contributed by atoms with Crippen LogP contribution in [0.2, 0.25) is 0 Å². The second-order valence-corrected chi connectivity index (χ2v) is 7.26. The van der Waals surface area contributed by atoms with Crippen LogP contribution < -0.4 is 5.73 Å². The fourth-order valence-corrected chi connectivity index (χ4v) is 2.86. The Kier molecular flexibility index (Phi) is 8.30. The lowest BCUT2D eigenvalue weighted by molar-refractivity contribution is 0.0562. The average molecular weight is 370 g/mol. The fourth-order valence-electron chi connectivity index (χ4n) is 2.86. The molecule has 2 aromatic carbocycles. The third-order valence-electron chi connectivity index (χ3n) is 4.26. The normalized spacial score (nSPS) is 13.2. The van der Waals surface area contributed by atoms with E-state index in [0.29, 0.717) is 13.0 Å². The van der Waals surface area contributed by atoms with Gasteiger partial charge < -0.3 is 20.5 Å². The van der Waals surface area contributed by atoms with Gasteiger partial charge in [0.25, 0.3) is 0 Å². The number of aliphatic hydroxyl groups is 1. The van der Waals surface area contributed by atoms with Crippen LogP contribution in [-0.2, 0) is 17.8 Å². The first kappa shape index (κ1) is 20.9. The van der Waals surface area contributed by atoms with Gasteiger partial charge >= 0.3 is 6.09 Å². The van der Waals surface area contributed by atoms with E-state index in [2.05, 4.69) is 0 Å². The van der Waals surface area contributed by atoms with Crippen LogP contribution in [-0.4, -0.2) is 41.3 Å². The molecule has 2 aromatic rings. The number of nitrogens with two attached hydrogens (primary N) is 1. The Morgan fingerprint density at radius 2 is 1.56 bits per heavy atom. The van der Waals surface area contributed by atoms with Crippen molar-refractivity contribution >= 4 is 6.09 Å². The van der Waals surface area contributed by atoms with Crippen LogP contribution in [0.25, 0.3) is 0 Å². The molecular formula is C22H30N2O3. The molecule has 0 saturated heterocycles. The number of carbonyl (C=O) groups excluding carboxylic acids is 1. The van der Waals surface area contributed by atoms with Gasteiger partial charge in [-0.05, 0) is 23.5 Å². The Hall–Kier alpha value is -2.37. The molecule has 146 valence electrons. The van der Waals surface area contributed by atoms with Crippen molar-refractivity contribution in [3.8, 4) is 0 Å². The topological polar surface area (TPSA) is 75.8 Å². The molecule has 1 amide bonds. The van der Waals surface area contributed by atoms with Gasteiger partial charge in [0.2, 0.25) is 0 Å². The van der Waals surface area contributed by atoms with Gasteiger partial charge in [-0.15, -0.1) is 0 Å². The number of hydrogen-bond acceptors (Lipinski definition) is 4. The molecule has 0 spiro atoms.